The first-order valence-corrected chi connectivity index (χ1v) is 4.69. The highest BCUT2D eigenvalue weighted by Crippen LogP contribution is 2.29. The molecule has 6 heteroatoms. The zero-order chi connectivity index (χ0) is 12.3. The van der Waals surface area contributed by atoms with E-state index in [-0.39, 0.29) is 17.0 Å². The van der Waals surface area contributed by atoms with Crippen LogP contribution in [0.2, 0.25) is 0 Å². The molecule has 0 saturated heterocycles. The number of rotatable bonds is 3. The fraction of sp³-hybridized carbons (Fsp3) is 0.200. The van der Waals surface area contributed by atoms with E-state index in [1.54, 1.807) is 6.07 Å². The van der Waals surface area contributed by atoms with Crippen molar-refractivity contribution < 1.29 is 18.7 Å². The van der Waals surface area contributed by atoms with Crippen molar-refractivity contribution in [2.24, 2.45) is 0 Å². The van der Waals surface area contributed by atoms with Crippen molar-refractivity contribution in [2.45, 2.75) is 12.3 Å². The molecule has 1 N–H and O–H groups in total. The lowest BCUT2D eigenvalue weighted by Crippen LogP contribution is -2.07. The van der Waals surface area contributed by atoms with Crippen LogP contribution >= 0.6 is 11.6 Å². The van der Waals surface area contributed by atoms with Gasteiger partial charge in [0.25, 0.3) is 6.43 Å². The molecule has 0 aliphatic rings. The second-order valence-electron chi connectivity index (χ2n) is 2.95. The molecule has 1 aromatic rings. The SMILES string of the molecule is N#Cc1cc(CCl)c(C(F)F)c(C(=O)O)c1. The molecule has 0 fully saturated rings. The van der Waals surface area contributed by atoms with Crippen LogP contribution in [0.1, 0.15) is 33.5 Å². The van der Waals surface area contributed by atoms with E-state index in [0.717, 1.165) is 6.07 Å². The highest BCUT2D eigenvalue weighted by molar-refractivity contribution is 6.17. The number of hydrogen-bond donors (Lipinski definition) is 1. The third-order valence-electron chi connectivity index (χ3n) is 1.99. The number of halogens is 3. The molecule has 0 heterocycles. The van der Waals surface area contributed by atoms with Crippen molar-refractivity contribution >= 4 is 17.6 Å². The number of carboxylic acid groups (broad SMARTS) is 1. The molecule has 0 radical (unpaired) electrons. The zero-order valence-corrected chi connectivity index (χ0v) is 8.63. The van der Waals surface area contributed by atoms with E-state index in [1.165, 1.54) is 6.07 Å². The maximum absolute atomic E-state index is 12.7. The molecule has 0 saturated carbocycles. The number of hydrogen-bond acceptors (Lipinski definition) is 2. The summed E-state index contributed by atoms with van der Waals surface area (Å²) >= 11 is 5.45. The number of alkyl halides is 3. The van der Waals surface area contributed by atoms with Gasteiger partial charge in [-0.15, -0.1) is 11.6 Å². The van der Waals surface area contributed by atoms with E-state index in [1.807, 2.05) is 0 Å². The van der Waals surface area contributed by atoms with Gasteiger partial charge in [0.2, 0.25) is 0 Å². The molecule has 0 aliphatic carbocycles. The Morgan fingerprint density at radius 2 is 2.19 bits per heavy atom. The normalized spacial score (nSPS) is 10.2. The van der Waals surface area contributed by atoms with Gasteiger partial charge < -0.3 is 5.11 Å². The van der Waals surface area contributed by atoms with Gasteiger partial charge in [-0.05, 0) is 17.7 Å². The van der Waals surface area contributed by atoms with Crippen LogP contribution in [0, 0.1) is 11.3 Å². The average molecular weight is 246 g/mol. The van der Waals surface area contributed by atoms with Crippen LogP contribution in [0.3, 0.4) is 0 Å². The molecule has 1 rings (SSSR count). The fourth-order valence-corrected chi connectivity index (χ4v) is 1.54. The highest BCUT2D eigenvalue weighted by atomic mass is 35.5. The van der Waals surface area contributed by atoms with E-state index >= 15 is 0 Å². The molecule has 0 aromatic heterocycles. The molecule has 0 aliphatic heterocycles. The van der Waals surface area contributed by atoms with Crippen LogP contribution in [0.4, 0.5) is 8.78 Å². The van der Waals surface area contributed by atoms with E-state index in [0.29, 0.717) is 0 Å². The summed E-state index contributed by atoms with van der Waals surface area (Å²) < 4.78 is 25.3. The first-order chi connectivity index (χ1) is 7.51. The fourth-order valence-electron chi connectivity index (χ4n) is 1.32. The van der Waals surface area contributed by atoms with Crippen molar-refractivity contribution in [1.82, 2.24) is 0 Å². The van der Waals surface area contributed by atoms with Gasteiger partial charge in [-0.2, -0.15) is 5.26 Å². The minimum Gasteiger partial charge on any atom is -0.478 e. The second-order valence-corrected chi connectivity index (χ2v) is 3.22. The Balaban J connectivity index is 3.55. The highest BCUT2D eigenvalue weighted by Gasteiger charge is 2.22. The molecule has 0 spiro atoms. The summed E-state index contributed by atoms with van der Waals surface area (Å²) in [5.74, 6) is -1.77. The molecule has 3 nitrogen and oxygen atoms in total. The Labute approximate surface area is 94.9 Å². The van der Waals surface area contributed by atoms with Crippen molar-refractivity contribution in [2.75, 3.05) is 0 Å². The summed E-state index contributed by atoms with van der Waals surface area (Å²) in [5, 5.41) is 17.4. The van der Waals surface area contributed by atoms with E-state index in [2.05, 4.69) is 0 Å². The van der Waals surface area contributed by atoms with Crippen molar-refractivity contribution in [3.8, 4) is 6.07 Å². The Morgan fingerprint density at radius 1 is 1.56 bits per heavy atom. The zero-order valence-electron chi connectivity index (χ0n) is 7.88. The van der Waals surface area contributed by atoms with E-state index < -0.39 is 23.5 Å². The summed E-state index contributed by atoms with van der Waals surface area (Å²) in [5.41, 5.74) is -1.24. The number of carboxylic acids is 1. The summed E-state index contributed by atoms with van der Waals surface area (Å²) in [4.78, 5) is 10.8. The number of aromatic carboxylic acids is 1. The van der Waals surface area contributed by atoms with Gasteiger partial charge in [0.15, 0.2) is 0 Å². The molecule has 0 atom stereocenters. The minimum absolute atomic E-state index is 0.00236. The number of nitrogens with zero attached hydrogens (tertiary/aromatic N) is 1. The number of carbonyl (C=O) groups is 1. The van der Waals surface area contributed by atoms with Gasteiger partial charge in [0.05, 0.1) is 17.2 Å². The van der Waals surface area contributed by atoms with Crippen molar-refractivity contribution in [3.05, 3.63) is 34.4 Å². The predicted octanol–water partition coefficient (Wildman–Crippen LogP) is 2.93. The number of benzene rings is 1. The topological polar surface area (TPSA) is 61.1 Å². The van der Waals surface area contributed by atoms with Crippen LogP contribution in [-0.4, -0.2) is 11.1 Å². The van der Waals surface area contributed by atoms with Gasteiger partial charge in [-0.3, -0.25) is 0 Å². The smallest absolute Gasteiger partial charge is 0.336 e. The van der Waals surface area contributed by atoms with Gasteiger partial charge in [-0.25, -0.2) is 13.6 Å². The first kappa shape index (κ1) is 12.4. The van der Waals surface area contributed by atoms with Gasteiger partial charge in [0, 0.05) is 11.4 Å². The van der Waals surface area contributed by atoms with Crippen LogP contribution in [0.15, 0.2) is 12.1 Å². The van der Waals surface area contributed by atoms with Gasteiger partial charge in [-0.1, -0.05) is 0 Å². The lowest BCUT2D eigenvalue weighted by atomic mass is 9.99. The molecule has 16 heavy (non-hydrogen) atoms. The van der Waals surface area contributed by atoms with Crippen LogP contribution in [0.25, 0.3) is 0 Å². The van der Waals surface area contributed by atoms with Crippen LogP contribution in [0.5, 0.6) is 0 Å². The maximum Gasteiger partial charge on any atom is 0.336 e. The number of nitriles is 1. The quantitative estimate of drug-likeness (QED) is 0.833. The molecule has 0 unspecified atom stereocenters. The maximum atomic E-state index is 12.7. The lowest BCUT2D eigenvalue weighted by molar-refractivity contribution is 0.0684. The Bertz CT molecular complexity index is 469. The molecule has 0 bridgehead atoms. The average Bonchev–Trinajstić information content (AvgIpc) is 2.26. The Morgan fingerprint density at radius 3 is 2.56 bits per heavy atom. The van der Waals surface area contributed by atoms with Gasteiger partial charge in [0.1, 0.15) is 0 Å². The summed E-state index contributed by atoms with van der Waals surface area (Å²) in [7, 11) is 0. The third kappa shape index (κ3) is 2.28. The predicted molar refractivity (Wildman–Crippen MR) is 52.6 cm³/mol. The van der Waals surface area contributed by atoms with Crippen LogP contribution in [-0.2, 0) is 5.88 Å². The second kappa shape index (κ2) is 4.90. The molecular formula is C10H6ClF2NO2. The molecule has 1 aromatic carbocycles. The Kier molecular flexibility index (Phi) is 3.80. The van der Waals surface area contributed by atoms with Gasteiger partial charge >= 0.3 is 5.97 Å². The molecule has 0 amide bonds. The monoisotopic (exact) mass is 245 g/mol. The molecular weight excluding hydrogens is 240 g/mol. The molecule has 84 valence electrons. The van der Waals surface area contributed by atoms with Crippen molar-refractivity contribution in [1.29, 1.82) is 5.26 Å². The largest absolute Gasteiger partial charge is 0.478 e. The van der Waals surface area contributed by atoms with Crippen LogP contribution < -0.4 is 0 Å². The Hall–Kier alpha value is -1.67. The van der Waals surface area contributed by atoms with E-state index in [4.69, 9.17) is 22.0 Å². The van der Waals surface area contributed by atoms with E-state index in [9.17, 15) is 13.6 Å². The third-order valence-corrected chi connectivity index (χ3v) is 2.28. The lowest BCUT2D eigenvalue weighted by Gasteiger charge is -2.10. The standard InChI is InChI=1S/C10H6ClF2NO2/c11-3-6-1-5(4-14)2-7(10(15)16)8(6)9(12)13/h1-2,9H,3H2,(H,15,16). The summed E-state index contributed by atoms with van der Waals surface area (Å²) in [6.45, 7) is 0. The summed E-state index contributed by atoms with van der Waals surface area (Å²) in [6, 6.07) is 3.78. The minimum atomic E-state index is -2.94. The van der Waals surface area contributed by atoms with Crippen molar-refractivity contribution in [3.63, 3.8) is 0 Å². The summed E-state index contributed by atoms with van der Waals surface area (Å²) in [6.07, 6.45) is -2.94. The first-order valence-electron chi connectivity index (χ1n) is 4.15.